The second-order valence-electron chi connectivity index (χ2n) is 5.03. The van der Waals surface area contributed by atoms with Gasteiger partial charge >= 0.3 is 5.97 Å². The smallest absolute Gasteiger partial charge is 0.328 e. The van der Waals surface area contributed by atoms with Gasteiger partial charge in [-0.25, -0.2) is 4.79 Å². The molecule has 5 nitrogen and oxygen atoms in total. The minimum Gasteiger partial charge on any atom is -0.478 e. The van der Waals surface area contributed by atoms with Crippen LogP contribution in [0, 0.1) is 0 Å². The summed E-state index contributed by atoms with van der Waals surface area (Å²) < 4.78 is 0. The van der Waals surface area contributed by atoms with Gasteiger partial charge in [-0.2, -0.15) is 0 Å². The molecule has 0 atom stereocenters. The molecule has 1 heterocycles. The molecule has 0 radical (unpaired) electrons. The maximum Gasteiger partial charge on any atom is 0.328 e. The van der Waals surface area contributed by atoms with Crippen molar-refractivity contribution in [3.05, 3.63) is 71.9 Å². The number of carbonyl (C=O) groups is 2. The van der Waals surface area contributed by atoms with Gasteiger partial charge in [-0.15, -0.1) is 0 Å². The van der Waals surface area contributed by atoms with Crippen LogP contribution in [-0.2, 0) is 4.79 Å². The number of carboxylic acid groups (broad SMARTS) is 1. The summed E-state index contributed by atoms with van der Waals surface area (Å²) in [7, 11) is 0. The summed E-state index contributed by atoms with van der Waals surface area (Å²) in [4.78, 5) is 25.8. The van der Waals surface area contributed by atoms with Crippen LogP contribution in [0.1, 0.15) is 15.9 Å². The fourth-order valence-corrected chi connectivity index (χ4v) is 2.24. The molecule has 3 aromatic rings. The summed E-state index contributed by atoms with van der Waals surface area (Å²) in [5, 5.41) is 12.4. The van der Waals surface area contributed by atoms with E-state index < -0.39 is 5.97 Å². The number of benzene rings is 2. The molecule has 2 aromatic carbocycles. The molecule has 1 amide bonds. The number of aliphatic carboxylic acids is 1. The number of carbonyl (C=O) groups excluding carboxylic acids is 1. The molecule has 0 aliphatic carbocycles. The minimum atomic E-state index is -0.998. The highest BCUT2D eigenvalue weighted by Crippen LogP contribution is 2.16. The highest BCUT2D eigenvalue weighted by molar-refractivity contribution is 6.06. The van der Waals surface area contributed by atoms with E-state index in [1.54, 1.807) is 30.3 Å². The van der Waals surface area contributed by atoms with Crippen molar-refractivity contribution in [2.75, 3.05) is 5.32 Å². The van der Waals surface area contributed by atoms with Crippen molar-refractivity contribution in [1.29, 1.82) is 0 Å². The standard InChI is InChI=1S/C18H14N2O3/c21-17(22)8-3-12-1-5-15(6-2-12)20-18(23)14-4-7-16-13(11-14)9-10-19-16/h1-11,19H,(H,20,23)(H,21,22)/b8-3+. The molecule has 5 heteroatoms. The number of rotatable bonds is 4. The van der Waals surface area contributed by atoms with Crippen LogP contribution in [0.5, 0.6) is 0 Å². The fraction of sp³-hybridized carbons (Fsp3) is 0. The Labute approximate surface area is 132 Å². The van der Waals surface area contributed by atoms with Gasteiger partial charge in [0.25, 0.3) is 5.91 Å². The second kappa shape index (κ2) is 6.19. The average molecular weight is 306 g/mol. The molecular weight excluding hydrogens is 292 g/mol. The first-order valence-electron chi connectivity index (χ1n) is 7.01. The van der Waals surface area contributed by atoms with Crippen LogP contribution in [-0.4, -0.2) is 22.0 Å². The summed E-state index contributed by atoms with van der Waals surface area (Å²) >= 11 is 0. The number of carboxylic acids is 1. The molecule has 3 N–H and O–H groups in total. The SMILES string of the molecule is O=C(O)/C=C/c1ccc(NC(=O)c2ccc3[nH]ccc3c2)cc1. The molecule has 1 aromatic heterocycles. The predicted molar refractivity (Wildman–Crippen MR) is 89.4 cm³/mol. The van der Waals surface area contributed by atoms with Gasteiger partial charge in [0.05, 0.1) is 0 Å². The molecule has 0 fully saturated rings. The Bertz CT molecular complexity index is 892. The number of nitrogens with one attached hydrogen (secondary N) is 2. The van der Waals surface area contributed by atoms with Crippen LogP contribution in [0.2, 0.25) is 0 Å². The number of fused-ring (bicyclic) bond motifs is 1. The first kappa shape index (κ1) is 14.6. The number of anilines is 1. The molecule has 23 heavy (non-hydrogen) atoms. The van der Waals surface area contributed by atoms with E-state index in [0.29, 0.717) is 11.3 Å². The van der Waals surface area contributed by atoms with E-state index in [1.165, 1.54) is 6.08 Å². The zero-order chi connectivity index (χ0) is 16.2. The third-order valence-electron chi connectivity index (χ3n) is 3.40. The Morgan fingerprint density at radius 3 is 2.57 bits per heavy atom. The molecule has 3 rings (SSSR count). The Balaban J connectivity index is 1.73. The first-order valence-corrected chi connectivity index (χ1v) is 7.01. The van der Waals surface area contributed by atoms with Crippen molar-refractivity contribution in [3.63, 3.8) is 0 Å². The number of aromatic nitrogens is 1. The van der Waals surface area contributed by atoms with Gasteiger partial charge in [0.1, 0.15) is 0 Å². The topological polar surface area (TPSA) is 82.2 Å². The van der Waals surface area contributed by atoms with Crippen molar-refractivity contribution >= 4 is 34.5 Å². The number of H-pyrrole nitrogens is 1. The van der Waals surface area contributed by atoms with E-state index in [2.05, 4.69) is 10.3 Å². The van der Waals surface area contributed by atoms with Crippen LogP contribution < -0.4 is 5.32 Å². The Hall–Kier alpha value is -3.34. The maximum atomic E-state index is 12.3. The highest BCUT2D eigenvalue weighted by atomic mass is 16.4. The molecule has 0 saturated carbocycles. The van der Waals surface area contributed by atoms with E-state index in [4.69, 9.17) is 5.11 Å². The van der Waals surface area contributed by atoms with Crippen LogP contribution in [0.15, 0.2) is 60.8 Å². The lowest BCUT2D eigenvalue weighted by Crippen LogP contribution is -2.11. The molecule has 0 bridgehead atoms. The first-order chi connectivity index (χ1) is 11.1. The molecular formula is C18H14N2O3. The van der Waals surface area contributed by atoms with E-state index >= 15 is 0 Å². The molecule has 114 valence electrons. The van der Waals surface area contributed by atoms with E-state index in [-0.39, 0.29) is 5.91 Å². The molecule has 0 unspecified atom stereocenters. The lowest BCUT2D eigenvalue weighted by atomic mass is 10.1. The molecule has 0 spiro atoms. The number of hydrogen-bond donors (Lipinski definition) is 3. The Kier molecular flexibility index (Phi) is 3.93. The predicted octanol–water partition coefficient (Wildman–Crippen LogP) is 3.52. The van der Waals surface area contributed by atoms with E-state index in [1.807, 2.05) is 24.4 Å². The Morgan fingerprint density at radius 2 is 1.83 bits per heavy atom. The number of amides is 1. The van der Waals surface area contributed by atoms with Gasteiger partial charge in [-0.3, -0.25) is 4.79 Å². The van der Waals surface area contributed by atoms with Gasteiger partial charge < -0.3 is 15.4 Å². The van der Waals surface area contributed by atoms with Crippen LogP contribution in [0.3, 0.4) is 0 Å². The molecule has 0 saturated heterocycles. The summed E-state index contributed by atoms with van der Waals surface area (Å²) in [6.07, 6.45) is 4.39. The monoisotopic (exact) mass is 306 g/mol. The van der Waals surface area contributed by atoms with Crippen molar-refractivity contribution < 1.29 is 14.7 Å². The summed E-state index contributed by atoms with van der Waals surface area (Å²) in [6.45, 7) is 0. The summed E-state index contributed by atoms with van der Waals surface area (Å²) in [5.41, 5.74) is 2.96. The fourth-order valence-electron chi connectivity index (χ4n) is 2.24. The quantitative estimate of drug-likeness (QED) is 0.645. The lowest BCUT2D eigenvalue weighted by Gasteiger charge is -2.06. The van der Waals surface area contributed by atoms with Gasteiger partial charge in [-0.05, 0) is 48.0 Å². The number of aromatic amines is 1. The van der Waals surface area contributed by atoms with Crippen molar-refractivity contribution in [3.8, 4) is 0 Å². The Morgan fingerprint density at radius 1 is 1.04 bits per heavy atom. The van der Waals surface area contributed by atoms with Gasteiger partial charge in [0.15, 0.2) is 0 Å². The zero-order valence-corrected chi connectivity index (χ0v) is 12.1. The highest BCUT2D eigenvalue weighted by Gasteiger charge is 2.07. The third-order valence-corrected chi connectivity index (χ3v) is 3.40. The van der Waals surface area contributed by atoms with Gasteiger partial charge in [-0.1, -0.05) is 12.1 Å². The molecule has 0 aliphatic heterocycles. The maximum absolute atomic E-state index is 12.3. The normalized spacial score (nSPS) is 11.0. The second-order valence-corrected chi connectivity index (χ2v) is 5.03. The van der Waals surface area contributed by atoms with Gasteiger partial charge in [0.2, 0.25) is 0 Å². The summed E-state index contributed by atoms with van der Waals surface area (Å²) in [5.74, 6) is -1.19. The summed E-state index contributed by atoms with van der Waals surface area (Å²) in [6, 6.07) is 14.3. The van der Waals surface area contributed by atoms with Crippen molar-refractivity contribution in [1.82, 2.24) is 4.98 Å². The van der Waals surface area contributed by atoms with Crippen molar-refractivity contribution in [2.45, 2.75) is 0 Å². The van der Waals surface area contributed by atoms with Crippen LogP contribution in [0.25, 0.3) is 17.0 Å². The van der Waals surface area contributed by atoms with Gasteiger partial charge in [0, 0.05) is 34.4 Å². The third kappa shape index (κ3) is 3.47. The number of hydrogen-bond acceptors (Lipinski definition) is 2. The van der Waals surface area contributed by atoms with Crippen molar-refractivity contribution in [2.24, 2.45) is 0 Å². The van der Waals surface area contributed by atoms with Crippen LogP contribution in [0.4, 0.5) is 5.69 Å². The lowest BCUT2D eigenvalue weighted by molar-refractivity contribution is -0.131. The largest absolute Gasteiger partial charge is 0.478 e. The average Bonchev–Trinajstić information content (AvgIpc) is 3.01. The van der Waals surface area contributed by atoms with E-state index in [0.717, 1.165) is 22.5 Å². The van der Waals surface area contributed by atoms with E-state index in [9.17, 15) is 9.59 Å². The van der Waals surface area contributed by atoms with Crippen LogP contribution >= 0.6 is 0 Å². The minimum absolute atomic E-state index is 0.193. The zero-order valence-electron chi connectivity index (χ0n) is 12.1. The molecule has 0 aliphatic rings.